The van der Waals surface area contributed by atoms with Gasteiger partial charge in [0.2, 0.25) is 5.17 Å². The lowest BCUT2D eigenvalue weighted by molar-refractivity contribution is -0.114. The number of amidine groups is 2. The van der Waals surface area contributed by atoms with Gasteiger partial charge >= 0.3 is 0 Å². The van der Waals surface area contributed by atoms with Crippen LogP contribution < -0.4 is 9.47 Å². The number of benzene rings is 2. The van der Waals surface area contributed by atoms with E-state index in [1.165, 1.54) is 43.1 Å². The number of carbonyl (C=O) groups is 1. The summed E-state index contributed by atoms with van der Waals surface area (Å²) in [6, 6.07) is 10.8. The van der Waals surface area contributed by atoms with Crippen LogP contribution in [0.15, 0.2) is 52.1 Å². The first-order valence-corrected chi connectivity index (χ1v) is 13.3. The summed E-state index contributed by atoms with van der Waals surface area (Å²) in [5.74, 6) is 0.651. The van der Waals surface area contributed by atoms with E-state index in [1.807, 2.05) is 18.2 Å². The zero-order chi connectivity index (χ0) is 25.2. The minimum absolute atomic E-state index is 0.00237. The lowest BCUT2D eigenvalue weighted by atomic mass is 9.90. The number of nitrogens with one attached hydrogen (secondary N) is 1. The van der Waals surface area contributed by atoms with E-state index in [9.17, 15) is 4.79 Å². The summed E-state index contributed by atoms with van der Waals surface area (Å²) in [5, 5.41) is 17.1. The number of methoxy groups -OCH3 is 1. The maximum absolute atomic E-state index is 12.8. The second kappa shape index (κ2) is 10.7. The number of halogens is 2. The van der Waals surface area contributed by atoms with Crippen LogP contribution in [-0.4, -0.2) is 34.1 Å². The number of hydrazone groups is 1. The molecule has 1 amide bonds. The zero-order valence-electron chi connectivity index (χ0n) is 19.6. The molecular weight excluding hydrogens is 519 g/mol. The molecule has 186 valence electrons. The van der Waals surface area contributed by atoms with Gasteiger partial charge < -0.3 is 9.47 Å². The highest BCUT2D eigenvalue weighted by molar-refractivity contribution is 8.27. The predicted octanol–water partition coefficient (Wildman–Crippen LogP) is 6.78. The van der Waals surface area contributed by atoms with E-state index in [2.05, 4.69) is 10.1 Å². The Morgan fingerprint density at radius 2 is 1.94 bits per heavy atom. The van der Waals surface area contributed by atoms with Crippen LogP contribution in [-0.2, 0) is 11.4 Å². The third-order valence-electron chi connectivity index (χ3n) is 6.32. The number of ether oxygens (including phenoxy) is 2. The maximum atomic E-state index is 12.8. The smallest absolute Gasteiger partial charge is 0.283 e. The van der Waals surface area contributed by atoms with Gasteiger partial charge in [0.25, 0.3) is 5.91 Å². The molecule has 3 aliphatic rings. The molecule has 0 spiro atoms. The zero-order valence-corrected chi connectivity index (χ0v) is 21.9. The molecule has 0 radical (unpaired) electrons. The van der Waals surface area contributed by atoms with Gasteiger partial charge in [0.1, 0.15) is 11.7 Å². The SMILES string of the molecule is COc1cc(/C=C2/C(=N)N3N=C(C4CCCCC4)SC3=NC2=O)cc(Cl)c1OCc1ccccc1Cl. The number of carbonyl (C=O) groups excluding carboxylic acids is 1. The van der Waals surface area contributed by atoms with E-state index in [0.29, 0.717) is 38.2 Å². The summed E-state index contributed by atoms with van der Waals surface area (Å²) in [4.78, 5) is 17.1. The molecule has 0 bridgehead atoms. The van der Waals surface area contributed by atoms with Crippen molar-refractivity contribution in [3.63, 3.8) is 0 Å². The number of rotatable bonds is 6. The van der Waals surface area contributed by atoms with Crippen molar-refractivity contribution in [3.05, 3.63) is 63.1 Å². The summed E-state index contributed by atoms with van der Waals surface area (Å²) in [6.07, 6.45) is 7.35. The van der Waals surface area contributed by atoms with Gasteiger partial charge in [0, 0.05) is 16.5 Å². The second-order valence-corrected chi connectivity index (χ2v) is 10.5. The maximum Gasteiger partial charge on any atom is 0.283 e. The van der Waals surface area contributed by atoms with E-state index >= 15 is 0 Å². The standard InChI is InChI=1S/C26H24Cl2N4O3S/c1-34-21-13-15(12-20(28)22(21)35-14-17-9-5-6-10-19(17)27)11-18-23(29)32-26(30-24(18)33)36-25(31-32)16-7-3-2-4-8-16/h5-6,9-13,16,29H,2-4,7-8,14H2,1H3/b18-11-,29-23?. The van der Waals surface area contributed by atoms with Crippen molar-refractivity contribution < 1.29 is 14.3 Å². The molecule has 2 heterocycles. The number of nitrogens with zero attached hydrogens (tertiary/aromatic N) is 3. The Bertz CT molecular complexity index is 1320. The fourth-order valence-electron chi connectivity index (χ4n) is 4.42. The first-order valence-electron chi connectivity index (χ1n) is 11.7. The van der Waals surface area contributed by atoms with E-state index in [1.54, 1.807) is 24.3 Å². The molecule has 1 fully saturated rings. The molecule has 0 saturated heterocycles. The highest BCUT2D eigenvalue weighted by atomic mass is 35.5. The van der Waals surface area contributed by atoms with Crippen LogP contribution in [0.1, 0.15) is 43.2 Å². The van der Waals surface area contributed by atoms with Crippen molar-refractivity contribution >= 4 is 63.0 Å². The summed E-state index contributed by atoms with van der Waals surface area (Å²) in [6.45, 7) is 0.213. The number of hydrogen-bond acceptors (Lipinski definition) is 6. The lowest BCUT2D eigenvalue weighted by Crippen LogP contribution is -2.35. The van der Waals surface area contributed by atoms with Crippen LogP contribution in [0.25, 0.3) is 6.08 Å². The molecule has 1 saturated carbocycles. The number of aliphatic imine (C=N–C) groups is 1. The monoisotopic (exact) mass is 542 g/mol. The van der Waals surface area contributed by atoms with E-state index < -0.39 is 5.91 Å². The van der Waals surface area contributed by atoms with Crippen molar-refractivity contribution in [2.45, 2.75) is 38.7 Å². The summed E-state index contributed by atoms with van der Waals surface area (Å²) >= 11 is 14.2. The fourth-order valence-corrected chi connectivity index (χ4v) is 5.94. The molecule has 0 aromatic heterocycles. The van der Waals surface area contributed by atoms with Gasteiger partial charge in [-0.1, -0.05) is 60.7 Å². The molecule has 7 nitrogen and oxygen atoms in total. The molecule has 0 unspecified atom stereocenters. The van der Waals surface area contributed by atoms with Crippen molar-refractivity contribution in [1.29, 1.82) is 5.41 Å². The Morgan fingerprint density at radius 1 is 1.17 bits per heavy atom. The molecule has 10 heteroatoms. The lowest BCUT2D eigenvalue weighted by Gasteiger charge is -2.20. The van der Waals surface area contributed by atoms with E-state index in [0.717, 1.165) is 23.4 Å². The van der Waals surface area contributed by atoms with Crippen molar-refractivity contribution in [3.8, 4) is 11.5 Å². The van der Waals surface area contributed by atoms with Crippen LogP contribution in [0.4, 0.5) is 0 Å². The van der Waals surface area contributed by atoms with Gasteiger partial charge in [-0.15, -0.1) is 0 Å². The topological polar surface area (TPSA) is 87.3 Å². The third-order valence-corrected chi connectivity index (χ3v) is 8.04. The number of amides is 1. The minimum Gasteiger partial charge on any atom is -0.493 e. The Labute approximate surface area is 223 Å². The molecule has 2 aromatic carbocycles. The first kappa shape index (κ1) is 24.9. The highest BCUT2D eigenvalue weighted by Gasteiger charge is 2.38. The van der Waals surface area contributed by atoms with Gasteiger partial charge in [0.05, 0.1) is 17.7 Å². The van der Waals surface area contributed by atoms with E-state index in [4.69, 9.17) is 38.1 Å². The number of thioether (sulfide) groups is 1. The molecule has 36 heavy (non-hydrogen) atoms. The normalized spacial score (nSPS) is 19.3. The molecule has 0 atom stereocenters. The first-order chi connectivity index (χ1) is 17.4. The van der Waals surface area contributed by atoms with Gasteiger partial charge in [-0.3, -0.25) is 10.2 Å². The second-order valence-electron chi connectivity index (χ2n) is 8.71. The van der Waals surface area contributed by atoms with Crippen LogP contribution in [0.3, 0.4) is 0 Å². The van der Waals surface area contributed by atoms with Crippen LogP contribution >= 0.6 is 35.0 Å². The number of fused-ring (bicyclic) bond motifs is 1. The fraction of sp³-hybridized carbons (Fsp3) is 0.308. The van der Waals surface area contributed by atoms with E-state index in [-0.39, 0.29) is 18.0 Å². The van der Waals surface area contributed by atoms with Crippen LogP contribution in [0, 0.1) is 11.3 Å². The van der Waals surface area contributed by atoms with Crippen molar-refractivity contribution in [1.82, 2.24) is 5.01 Å². The predicted molar refractivity (Wildman–Crippen MR) is 145 cm³/mol. The molecule has 2 aromatic rings. The largest absolute Gasteiger partial charge is 0.493 e. The molecular formula is C26H24Cl2N4O3S. The van der Waals surface area contributed by atoms with Gasteiger partial charge in [-0.2, -0.15) is 15.1 Å². The Balaban J connectivity index is 1.39. The Hall–Kier alpha value is -2.81. The van der Waals surface area contributed by atoms with Gasteiger partial charge in [-0.05, 0) is 54.4 Å². The molecule has 2 aliphatic heterocycles. The molecule has 5 rings (SSSR count). The third kappa shape index (κ3) is 5.03. The summed E-state index contributed by atoms with van der Waals surface area (Å²) < 4.78 is 11.4. The summed E-state index contributed by atoms with van der Waals surface area (Å²) in [7, 11) is 1.51. The molecule has 1 N–H and O–H groups in total. The molecule has 1 aliphatic carbocycles. The highest BCUT2D eigenvalue weighted by Crippen LogP contribution is 2.39. The van der Waals surface area contributed by atoms with Crippen LogP contribution in [0.5, 0.6) is 11.5 Å². The number of hydrogen-bond donors (Lipinski definition) is 1. The van der Waals surface area contributed by atoms with Crippen LogP contribution in [0.2, 0.25) is 10.0 Å². The van der Waals surface area contributed by atoms with Gasteiger partial charge in [-0.25, -0.2) is 0 Å². The average Bonchev–Trinajstić information content (AvgIpc) is 3.31. The average molecular weight is 543 g/mol. The summed E-state index contributed by atoms with van der Waals surface area (Å²) in [5.41, 5.74) is 1.53. The van der Waals surface area contributed by atoms with Crippen molar-refractivity contribution in [2.24, 2.45) is 16.0 Å². The Morgan fingerprint density at radius 3 is 2.69 bits per heavy atom. The van der Waals surface area contributed by atoms with Gasteiger partial charge in [0.15, 0.2) is 17.3 Å². The minimum atomic E-state index is -0.479. The Kier molecular flexibility index (Phi) is 7.37. The van der Waals surface area contributed by atoms with Crippen molar-refractivity contribution in [2.75, 3.05) is 7.11 Å². The quantitative estimate of drug-likeness (QED) is 0.406.